The molecular weight excluding hydrogens is 260 g/mol. The van der Waals surface area contributed by atoms with E-state index in [4.69, 9.17) is 0 Å². The molecule has 0 unspecified atom stereocenters. The van der Waals surface area contributed by atoms with Crippen molar-refractivity contribution in [3.05, 3.63) is 48.9 Å². The number of hydrogen-bond acceptors (Lipinski definition) is 4. The Morgan fingerprint density at radius 1 is 0.905 bits per heavy atom. The van der Waals surface area contributed by atoms with E-state index in [0.717, 1.165) is 41.1 Å². The lowest BCUT2D eigenvalue weighted by Crippen LogP contribution is -2.19. The maximum atomic E-state index is 4.60. The Hall–Kier alpha value is -2.49. The molecule has 21 heavy (non-hydrogen) atoms. The molecule has 2 aromatic heterocycles. The van der Waals surface area contributed by atoms with Crippen LogP contribution in [-0.2, 0) is 0 Å². The fourth-order valence-corrected chi connectivity index (χ4v) is 2.89. The Labute approximate surface area is 123 Å². The lowest BCUT2D eigenvalue weighted by atomic mass is 10.1. The minimum absolute atomic E-state index is 0.953. The Balaban J connectivity index is 1.82. The number of benzene rings is 1. The maximum Gasteiger partial charge on any atom is 0.141 e. The molecule has 0 N–H and O–H groups in total. The van der Waals surface area contributed by atoms with Crippen molar-refractivity contribution in [2.75, 3.05) is 18.0 Å². The zero-order valence-electron chi connectivity index (χ0n) is 11.7. The van der Waals surface area contributed by atoms with Crippen molar-refractivity contribution in [1.29, 1.82) is 0 Å². The van der Waals surface area contributed by atoms with Crippen molar-refractivity contribution in [3.63, 3.8) is 0 Å². The molecule has 1 aliphatic rings. The summed E-state index contributed by atoms with van der Waals surface area (Å²) in [4.78, 5) is 15.8. The molecule has 1 saturated heterocycles. The van der Waals surface area contributed by atoms with E-state index in [9.17, 15) is 0 Å². The molecule has 4 nitrogen and oxygen atoms in total. The normalized spacial score (nSPS) is 14.8. The Morgan fingerprint density at radius 2 is 1.71 bits per heavy atom. The molecule has 0 bridgehead atoms. The molecule has 4 rings (SSSR count). The van der Waals surface area contributed by atoms with Crippen LogP contribution in [0.5, 0.6) is 0 Å². The molecule has 104 valence electrons. The summed E-state index contributed by atoms with van der Waals surface area (Å²) in [5, 5.41) is 1.04. The number of aromatic nitrogens is 3. The van der Waals surface area contributed by atoms with Gasteiger partial charge < -0.3 is 4.90 Å². The molecule has 4 heteroatoms. The van der Waals surface area contributed by atoms with Crippen molar-refractivity contribution in [2.24, 2.45) is 0 Å². The number of anilines is 1. The van der Waals surface area contributed by atoms with Gasteiger partial charge >= 0.3 is 0 Å². The van der Waals surface area contributed by atoms with Gasteiger partial charge in [0.2, 0.25) is 0 Å². The van der Waals surface area contributed by atoms with Gasteiger partial charge in [-0.3, -0.25) is 4.98 Å². The lowest BCUT2D eigenvalue weighted by Gasteiger charge is -2.17. The van der Waals surface area contributed by atoms with Crippen LogP contribution in [0, 0.1) is 0 Å². The fourth-order valence-electron chi connectivity index (χ4n) is 2.89. The first-order valence-electron chi connectivity index (χ1n) is 7.33. The smallest absolute Gasteiger partial charge is 0.141 e. The second-order valence-corrected chi connectivity index (χ2v) is 5.34. The highest BCUT2D eigenvalue weighted by atomic mass is 15.2. The van der Waals surface area contributed by atoms with Gasteiger partial charge in [-0.2, -0.15) is 0 Å². The van der Waals surface area contributed by atoms with Gasteiger partial charge in [0.25, 0.3) is 0 Å². The summed E-state index contributed by atoms with van der Waals surface area (Å²) in [7, 11) is 0. The van der Waals surface area contributed by atoms with Gasteiger partial charge in [0.1, 0.15) is 12.1 Å². The standard InChI is InChI=1S/C17H16N4/c1-2-6-13(7-3-1)15-10-16-14(11-18-15)17(20-12-19-16)21-8-4-5-9-21/h1-3,6-7,10-12H,4-5,8-9H2. The Bertz CT molecular complexity index is 764. The topological polar surface area (TPSA) is 41.9 Å². The number of pyridine rings is 1. The summed E-state index contributed by atoms with van der Waals surface area (Å²) in [5.41, 5.74) is 3.02. The largest absolute Gasteiger partial charge is 0.356 e. The monoisotopic (exact) mass is 276 g/mol. The molecule has 0 aliphatic carbocycles. The van der Waals surface area contributed by atoms with E-state index in [-0.39, 0.29) is 0 Å². The van der Waals surface area contributed by atoms with Crippen LogP contribution in [-0.4, -0.2) is 28.0 Å². The molecule has 1 aliphatic heterocycles. The molecule has 3 heterocycles. The van der Waals surface area contributed by atoms with E-state index >= 15 is 0 Å². The third kappa shape index (κ3) is 2.23. The van der Waals surface area contributed by atoms with Crippen LogP contribution in [0.1, 0.15) is 12.8 Å². The second kappa shape index (κ2) is 5.13. The first-order chi connectivity index (χ1) is 10.4. The van der Waals surface area contributed by atoms with Crippen molar-refractivity contribution in [2.45, 2.75) is 12.8 Å². The van der Waals surface area contributed by atoms with Gasteiger partial charge in [-0.05, 0) is 18.9 Å². The molecule has 0 amide bonds. The highest BCUT2D eigenvalue weighted by Crippen LogP contribution is 2.27. The van der Waals surface area contributed by atoms with Crippen molar-refractivity contribution >= 4 is 16.7 Å². The van der Waals surface area contributed by atoms with Crippen LogP contribution in [0.2, 0.25) is 0 Å². The maximum absolute atomic E-state index is 4.60. The van der Waals surface area contributed by atoms with Crippen LogP contribution in [0.25, 0.3) is 22.2 Å². The van der Waals surface area contributed by atoms with Crippen molar-refractivity contribution in [3.8, 4) is 11.3 Å². The zero-order chi connectivity index (χ0) is 14.1. The number of hydrogen-bond donors (Lipinski definition) is 0. The van der Waals surface area contributed by atoms with E-state index in [2.05, 4.69) is 32.0 Å². The van der Waals surface area contributed by atoms with Gasteiger partial charge in [-0.25, -0.2) is 9.97 Å². The third-order valence-electron chi connectivity index (χ3n) is 3.98. The van der Waals surface area contributed by atoms with Crippen LogP contribution < -0.4 is 4.90 Å². The van der Waals surface area contributed by atoms with E-state index in [1.807, 2.05) is 30.5 Å². The lowest BCUT2D eigenvalue weighted by molar-refractivity contribution is 0.938. The summed E-state index contributed by atoms with van der Waals surface area (Å²) in [6.45, 7) is 2.15. The molecular formula is C17H16N4. The van der Waals surface area contributed by atoms with Gasteiger partial charge in [-0.15, -0.1) is 0 Å². The van der Waals surface area contributed by atoms with E-state index in [1.54, 1.807) is 6.33 Å². The van der Waals surface area contributed by atoms with Crippen LogP contribution >= 0.6 is 0 Å². The highest BCUT2D eigenvalue weighted by Gasteiger charge is 2.17. The summed E-state index contributed by atoms with van der Waals surface area (Å²) in [5.74, 6) is 1.02. The summed E-state index contributed by atoms with van der Waals surface area (Å²) < 4.78 is 0. The second-order valence-electron chi connectivity index (χ2n) is 5.34. The molecule has 1 fully saturated rings. The highest BCUT2D eigenvalue weighted by molar-refractivity contribution is 5.90. The van der Waals surface area contributed by atoms with Gasteiger partial charge in [0.15, 0.2) is 0 Å². The molecule has 0 saturated carbocycles. The van der Waals surface area contributed by atoms with Gasteiger partial charge in [0, 0.05) is 24.8 Å². The Kier molecular flexibility index (Phi) is 2.99. The molecule has 3 aromatic rings. The van der Waals surface area contributed by atoms with Gasteiger partial charge in [0.05, 0.1) is 16.6 Å². The van der Waals surface area contributed by atoms with Crippen LogP contribution in [0.3, 0.4) is 0 Å². The number of fused-ring (bicyclic) bond motifs is 1. The van der Waals surface area contributed by atoms with Crippen LogP contribution in [0.15, 0.2) is 48.9 Å². The molecule has 0 radical (unpaired) electrons. The molecule has 1 aromatic carbocycles. The molecule has 0 spiro atoms. The summed E-state index contributed by atoms with van der Waals surface area (Å²) in [6, 6.07) is 12.2. The van der Waals surface area contributed by atoms with E-state index in [1.165, 1.54) is 12.8 Å². The quantitative estimate of drug-likeness (QED) is 0.720. The van der Waals surface area contributed by atoms with E-state index in [0.29, 0.717) is 0 Å². The minimum atomic E-state index is 0.953. The van der Waals surface area contributed by atoms with Crippen molar-refractivity contribution < 1.29 is 0 Å². The predicted molar refractivity (Wildman–Crippen MR) is 84.2 cm³/mol. The predicted octanol–water partition coefficient (Wildman–Crippen LogP) is 3.29. The van der Waals surface area contributed by atoms with Crippen LogP contribution in [0.4, 0.5) is 5.82 Å². The third-order valence-corrected chi connectivity index (χ3v) is 3.98. The number of rotatable bonds is 2. The molecule has 0 atom stereocenters. The minimum Gasteiger partial charge on any atom is -0.356 e. The Morgan fingerprint density at radius 3 is 2.52 bits per heavy atom. The van der Waals surface area contributed by atoms with Gasteiger partial charge in [-0.1, -0.05) is 30.3 Å². The average Bonchev–Trinajstić information content (AvgIpc) is 3.09. The van der Waals surface area contributed by atoms with E-state index < -0.39 is 0 Å². The number of nitrogens with zero attached hydrogens (tertiary/aromatic N) is 4. The van der Waals surface area contributed by atoms with Crippen molar-refractivity contribution in [1.82, 2.24) is 15.0 Å². The SMILES string of the molecule is c1ccc(-c2cc3ncnc(N4CCCC4)c3cn2)cc1. The zero-order valence-corrected chi connectivity index (χ0v) is 11.7. The first-order valence-corrected chi connectivity index (χ1v) is 7.33. The first kappa shape index (κ1) is 12.3. The fraction of sp³-hybridized carbons (Fsp3) is 0.235. The summed E-state index contributed by atoms with van der Waals surface area (Å²) >= 11 is 0. The summed E-state index contributed by atoms with van der Waals surface area (Å²) in [6.07, 6.45) is 6.04. The average molecular weight is 276 g/mol.